The molecule has 29 heavy (non-hydrogen) atoms. The highest BCUT2D eigenvalue weighted by Crippen LogP contribution is 2.36. The van der Waals surface area contributed by atoms with Crippen LogP contribution in [-0.2, 0) is 15.0 Å². The highest BCUT2D eigenvalue weighted by molar-refractivity contribution is 7.92. The van der Waals surface area contributed by atoms with Gasteiger partial charge in [0.2, 0.25) is 0 Å². The summed E-state index contributed by atoms with van der Waals surface area (Å²) in [7, 11) is -2.33. The summed E-state index contributed by atoms with van der Waals surface area (Å²) in [6.07, 6.45) is 0. The van der Waals surface area contributed by atoms with Crippen molar-refractivity contribution in [2.45, 2.75) is 0 Å². The van der Waals surface area contributed by atoms with Crippen LogP contribution in [0.4, 0.5) is 5.69 Å². The van der Waals surface area contributed by atoms with Crippen molar-refractivity contribution in [1.82, 2.24) is 4.72 Å². The van der Waals surface area contributed by atoms with E-state index in [1.165, 1.54) is 0 Å². The van der Waals surface area contributed by atoms with Gasteiger partial charge < -0.3 is 9.47 Å². The van der Waals surface area contributed by atoms with Gasteiger partial charge in [-0.1, -0.05) is 30.3 Å². The Morgan fingerprint density at radius 3 is 2.24 bits per heavy atom. The number of hydrogen-bond acceptors (Lipinski definition) is 5. The smallest absolute Gasteiger partial charge is 0.326 e. The van der Waals surface area contributed by atoms with Gasteiger partial charge in [-0.05, 0) is 48.0 Å². The zero-order valence-electron chi connectivity index (χ0n) is 15.5. The van der Waals surface area contributed by atoms with Gasteiger partial charge in [-0.15, -0.1) is 0 Å². The second kappa shape index (κ2) is 7.48. The molecule has 1 aliphatic rings. The summed E-state index contributed by atoms with van der Waals surface area (Å²) in [4.78, 5) is 11.5. The first-order valence-corrected chi connectivity index (χ1v) is 10.2. The van der Waals surface area contributed by atoms with E-state index in [2.05, 4.69) is 0 Å². The second-order valence-electron chi connectivity index (χ2n) is 6.36. The van der Waals surface area contributed by atoms with Gasteiger partial charge in [-0.2, -0.15) is 8.42 Å². The molecule has 7 nitrogen and oxygen atoms in total. The number of carbonyl (C=O) groups excluding carboxylic acids is 1. The van der Waals surface area contributed by atoms with Crippen LogP contribution in [0.3, 0.4) is 0 Å². The lowest BCUT2D eigenvalue weighted by Gasteiger charge is -2.17. The lowest BCUT2D eigenvalue weighted by Crippen LogP contribution is -2.29. The first kappa shape index (κ1) is 18.8. The maximum absolute atomic E-state index is 12.1. The topological polar surface area (TPSA) is 84.9 Å². The van der Waals surface area contributed by atoms with Gasteiger partial charge in [0, 0.05) is 5.56 Å². The number of anilines is 1. The van der Waals surface area contributed by atoms with E-state index in [0.29, 0.717) is 22.7 Å². The zero-order chi connectivity index (χ0) is 20.4. The molecule has 1 fully saturated rings. The summed E-state index contributed by atoms with van der Waals surface area (Å²) >= 11 is 0. The van der Waals surface area contributed by atoms with Crippen molar-refractivity contribution in [2.75, 3.05) is 18.0 Å². The molecule has 1 heterocycles. The molecule has 0 radical (unpaired) electrons. The quantitative estimate of drug-likeness (QED) is 0.697. The van der Waals surface area contributed by atoms with Crippen molar-refractivity contribution in [2.24, 2.45) is 0 Å². The number of methoxy groups -OCH3 is 1. The molecule has 0 aromatic heterocycles. The first-order valence-electron chi connectivity index (χ1n) is 8.81. The normalized spacial score (nSPS) is 15.1. The number of rotatable bonds is 5. The summed E-state index contributed by atoms with van der Waals surface area (Å²) in [5.74, 6) is 1.43. The minimum Gasteiger partial charge on any atom is -0.496 e. The van der Waals surface area contributed by atoms with E-state index in [0.717, 1.165) is 15.6 Å². The summed E-state index contributed by atoms with van der Waals surface area (Å²) < 4.78 is 38.5. The van der Waals surface area contributed by atoms with Crippen LogP contribution in [0.25, 0.3) is 11.1 Å². The van der Waals surface area contributed by atoms with E-state index >= 15 is 0 Å². The Kier molecular flexibility index (Phi) is 4.85. The number of benzene rings is 3. The van der Waals surface area contributed by atoms with Crippen LogP contribution >= 0.6 is 0 Å². The van der Waals surface area contributed by atoms with Crippen molar-refractivity contribution >= 4 is 21.8 Å². The molecule has 148 valence electrons. The molecule has 0 spiro atoms. The van der Waals surface area contributed by atoms with Gasteiger partial charge in [0.05, 0.1) is 12.8 Å². The Labute approximate surface area is 168 Å². The third kappa shape index (κ3) is 3.88. The molecule has 3 aromatic carbocycles. The second-order valence-corrected chi connectivity index (χ2v) is 7.96. The highest BCUT2D eigenvalue weighted by Gasteiger charge is 2.34. The Morgan fingerprint density at radius 1 is 0.931 bits per heavy atom. The maximum Gasteiger partial charge on any atom is 0.326 e. The molecule has 1 N–H and O–H groups in total. The van der Waals surface area contributed by atoms with Crippen molar-refractivity contribution in [3.63, 3.8) is 0 Å². The molecule has 0 aliphatic carbocycles. The van der Waals surface area contributed by atoms with E-state index in [1.807, 2.05) is 59.3 Å². The predicted molar refractivity (Wildman–Crippen MR) is 109 cm³/mol. The standard InChI is InChI=1S/C21H18N2O5S/c1-27-20-12-9-16(23-14-21(24)22-29(23,25)26)13-19(20)15-7-10-18(11-8-15)28-17-5-3-2-4-6-17/h2-13H,14H2,1H3,(H,22,24). The highest BCUT2D eigenvalue weighted by atomic mass is 32.2. The van der Waals surface area contributed by atoms with Crippen LogP contribution in [0, 0.1) is 0 Å². The zero-order valence-corrected chi connectivity index (χ0v) is 16.3. The third-order valence-corrected chi connectivity index (χ3v) is 5.84. The van der Waals surface area contributed by atoms with Crippen LogP contribution in [0.15, 0.2) is 72.8 Å². The largest absolute Gasteiger partial charge is 0.496 e. The molecule has 1 amide bonds. The van der Waals surface area contributed by atoms with Crippen molar-refractivity contribution in [3.05, 3.63) is 72.8 Å². The molecule has 3 aromatic rings. The molecule has 0 unspecified atom stereocenters. The van der Waals surface area contributed by atoms with E-state index < -0.39 is 16.1 Å². The molecule has 4 rings (SSSR count). The minimum atomic E-state index is -3.88. The lowest BCUT2D eigenvalue weighted by molar-refractivity contribution is -0.117. The number of para-hydroxylation sites is 1. The fourth-order valence-electron chi connectivity index (χ4n) is 3.08. The van der Waals surface area contributed by atoms with Gasteiger partial charge in [0.15, 0.2) is 0 Å². The third-order valence-electron chi connectivity index (χ3n) is 4.44. The minimum absolute atomic E-state index is 0.252. The number of nitrogens with one attached hydrogen (secondary N) is 1. The molecular weight excluding hydrogens is 392 g/mol. The molecular formula is C21H18N2O5S. The van der Waals surface area contributed by atoms with Crippen LogP contribution in [0.2, 0.25) is 0 Å². The first-order chi connectivity index (χ1) is 14.0. The van der Waals surface area contributed by atoms with E-state index in [1.54, 1.807) is 25.3 Å². The number of amides is 1. The Balaban J connectivity index is 1.66. The number of carbonyl (C=O) groups is 1. The molecule has 1 aliphatic heterocycles. The predicted octanol–water partition coefficient (Wildman–Crippen LogP) is 3.34. The number of nitrogens with zero attached hydrogens (tertiary/aromatic N) is 1. The van der Waals surface area contributed by atoms with Crippen molar-refractivity contribution < 1.29 is 22.7 Å². The summed E-state index contributed by atoms with van der Waals surface area (Å²) in [5.41, 5.74) is 1.90. The van der Waals surface area contributed by atoms with Crippen LogP contribution in [-0.4, -0.2) is 28.0 Å². The van der Waals surface area contributed by atoms with Crippen LogP contribution < -0.4 is 18.5 Å². The summed E-state index contributed by atoms with van der Waals surface area (Å²) in [6.45, 7) is -0.252. The average molecular weight is 410 g/mol. The molecule has 0 bridgehead atoms. The lowest BCUT2D eigenvalue weighted by atomic mass is 10.0. The number of ether oxygens (including phenoxy) is 2. The monoisotopic (exact) mass is 410 g/mol. The Bertz CT molecular complexity index is 1150. The Hall–Kier alpha value is -3.52. The fraction of sp³-hybridized carbons (Fsp3) is 0.0952. The van der Waals surface area contributed by atoms with Crippen LogP contribution in [0.1, 0.15) is 0 Å². The van der Waals surface area contributed by atoms with Crippen LogP contribution in [0.5, 0.6) is 17.2 Å². The van der Waals surface area contributed by atoms with Crippen molar-refractivity contribution in [1.29, 1.82) is 0 Å². The molecule has 0 saturated carbocycles. The summed E-state index contributed by atoms with van der Waals surface area (Å²) in [6, 6.07) is 21.8. The average Bonchev–Trinajstić information content (AvgIpc) is 3.01. The van der Waals surface area contributed by atoms with E-state index in [-0.39, 0.29) is 6.54 Å². The summed E-state index contributed by atoms with van der Waals surface area (Å²) in [5, 5.41) is 0. The van der Waals surface area contributed by atoms with Crippen molar-refractivity contribution in [3.8, 4) is 28.4 Å². The maximum atomic E-state index is 12.1. The van der Waals surface area contributed by atoms with Gasteiger partial charge >= 0.3 is 10.2 Å². The SMILES string of the molecule is COc1ccc(N2CC(=O)NS2(=O)=O)cc1-c1ccc(Oc2ccccc2)cc1. The van der Waals surface area contributed by atoms with Gasteiger partial charge in [0.1, 0.15) is 23.8 Å². The Morgan fingerprint density at radius 2 is 1.62 bits per heavy atom. The van der Waals surface area contributed by atoms with Gasteiger partial charge in [-0.3, -0.25) is 4.79 Å². The number of hydrogen-bond donors (Lipinski definition) is 1. The molecule has 0 atom stereocenters. The van der Waals surface area contributed by atoms with E-state index in [4.69, 9.17) is 9.47 Å². The van der Waals surface area contributed by atoms with Gasteiger partial charge in [-0.25, -0.2) is 9.03 Å². The fourth-order valence-corrected chi connectivity index (χ4v) is 4.22. The van der Waals surface area contributed by atoms with Gasteiger partial charge in [0.25, 0.3) is 5.91 Å². The molecule has 8 heteroatoms. The van der Waals surface area contributed by atoms with E-state index in [9.17, 15) is 13.2 Å². The molecule has 1 saturated heterocycles.